The molecule has 0 heterocycles. The number of aryl methyl sites for hydroxylation is 1. The van der Waals surface area contributed by atoms with Crippen molar-refractivity contribution in [1.29, 1.82) is 0 Å². The summed E-state index contributed by atoms with van der Waals surface area (Å²) in [5.74, 6) is 0. The van der Waals surface area contributed by atoms with E-state index in [9.17, 15) is 0 Å². The van der Waals surface area contributed by atoms with Crippen molar-refractivity contribution < 1.29 is 0 Å². The van der Waals surface area contributed by atoms with Crippen molar-refractivity contribution in [2.45, 2.75) is 32.7 Å². The number of halogens is 1. The van der Waals surface area contributed by atoms with Crippen LogP contribution >= 0.6 is 11.6 Å². The lowest BCUT2D eigenvalue weighted by Gasteiger charge is -2.18. The fourth-order valence-electron chi connectivity index (χ4n) is 1.79. The zero-order valence-corrected chi connectivity index (χ0v) is 11.1. The lowest BCUT2D eigenvalue weighted by molar-refractivity contribution is 0.582. The van der Waals surface area contributed by atoms with E-state index < -0.39 is 0 Å². The Bertz CT molecular complexity index is 351. The Morgan fingerprint density at radius 2 is 2.12 bits per heavy atom. The van der Waals surface area contributed by atoms with E-state index >= 15 is 0 Å². The third kappa shape index (κ3) is 3.66. The van der Waals surface area contributed by atoms with Crippen LogP contribution in [-0.4, -0.2) is 7.05 Å². The summed E-state index contributed by atoms with van der Waals surface area (Å²) in [5.41, 5.74) is 3.70. The first kappa shape index (κ1) is 13.3. The summed E-state index contributed by atoms with van der Waals surface area (Å²) in [7, 11) is 1.98. The van der Waals surface area contributed by atoms with E-state index in [0.717, 1.165) is 17.9 Å². The molecule has 0 fully saturated rings. The zero-order chi connectivity index (χ0) is 12.1. The monoisotopic (exact) mass is 237 g/mol. The Morgan fingerprint density at radius 1 is 1.44 bits per heavy atom. The first-order chi connectivity index (χ1) is 7.56. The van der Waals surface area contributed by atoms with Crippen molar-refractivity contribution >= 4 is 11.6 Å². The van der Waals surface area contributed by atoms with Gasteiger partial charge >= 0.3 is 0 Å². The molecular weight excluding hydrogens is 218 g/mol. The molecule has 1 nitrogen and oxygen atoms in total. The molecule has 0 saturated carbocycles. The number of nitrogens with one attached hydrogen (secondary N) is 1. The first-order valence-corrected chi connectivity index (χ1v) is 6.05. The molecule has 1 aromatic rings. The Morgan fingerprint density at radius 3 is 2.62 bits per heavy atom. The van der Waals surface area contributed by atoms with Crippen LogP contribution in [0.5, 0.6) is 0 Å². The maximum Gasteiger partial charge on any atom is 0.0411 e. The smallest absolute Gasteiger partial charge is 0.0411 e. The van der Waals surface area contributed by atoms with Crippen LogP contribution in [0.15, 0.2) is 30.4 Å². The Balaban J connectivity index is 2.90. The van der Waals surface area contributed by atoms with Crippen LogP contribution in [0, 0.1) is 6.92 Å². The second-order valence-electron chi connectivity index (χ2n) is 4.21. The first-order valence-electron chi connectivity index (χ1n) is 5.67. The van der Waals surface area contributed by atoms with Crippen molar-refractivity contribution in [3.8, 4) is 0 Å². The molecule has 1 N–H and O–H groups in total. The molecule has 16 heavy (non-hydrogen) atoms. The van der Waals surface area contributed by atoms with Gasteiger partial charge in [-0.05, 0) is 50.1 Å². The van der Waals surface area contributed by atoms with Gasteiger partial charge in [-0.15, -0.1) is 0 Å². The molecule has 1 rings (SSSR count). The lowest BCUT2D eigenvalue weighted by atomic mass is 9.97. The third-order valence-electron chi connectivity index (χ3n) is 2.81. The number of rotatable bonds is 5. The molecule has 1 atom stereocenters. The van der Waals surface area contributed by atoms with E-state index in [2.05, 4.69) is 31.8 Å². The molecule has 1 aromatic carbocycles. The van der Waals surface area contributed by atoms with E-state index in [1.807, 2.05) is 19.2 Å². The molecule has 0 aromatic heterocycles. The minimum absolute atomic E-state index is 0.310. The Kier molecular flexibility index (Phi) is 5.04. The molecule has 0 aliphatic rings. The number of hydrogen-bond acceptors (Lipinski definition) is 1. The van der Waals surface area contributed by atoms with E-state index in [4.69, 9.17) is 11.6 Å². The molecule has 0 aliphatic heterocycles. The van der Waals surface area contributed by atoms with Gasteiger partial charge in [-0.25, -0.2) is 0 Å². The van der Waals surface area contributed by atoms with Gasteiger partial charge in [0.15, 0.2) is 0 Å². The average molecular weight is 238 g/mol. The summed E-state index contributed by atoms with van der Waals surface area (Å²) < 4.78 is 0. The number of hydrogen-bond donors (Lipinski definition) is 1. The van der Waals surface area contributed by atoms with Gasteiger partial charge < -0.3 is 5.32 Å². The summed E-state index contributed by atoms with van der Waals surface area (Å²) in [6.45, 7) is 8.26. The van der Waals surface area contributed by atoms with Crippen LogP contribution in [0.25, 0.3) is 0 Å². The molecule has 0 amide bonds. The normalized spacial score (nSPS) is 12.5. The average Bonchev–Trinajstić information content (AvgIpc) is 2.24. The largest absolute Gasteiger partial charge is 0.313 e. The SMILES string of the molecule is C=C(CC)CC(NC)c1cc(C)cc(Cl)c1. The summed E-state index contributed by atoms with van der Waals surface area (Å²) >= 11 is 6.07. The zero-order valence-electron chi connectivity index (χ0n) is 10.3. The Labute approximate surface area is 104 Å². The highest BCUT2D eigenvalue weighted by atomic mass is 35.5. The van der Waals surface area contributed by atoms with E-state index in [1.165, 1.54) is 16.7 Å². The van der Waals surface area contributed by atoms with Gasteiger partial charge in [0.1, 0.15) is 0 Å². The quantitative estimate of drug-likeness (QED) is 0.755. The van der Waals surface area contributed by atoms with E-state index in [-0.39, 0.29) is 0 Å². The van der Waals surface area contributed by atoms with Crippen LogP contribution in [0.2, 0.25) is 5.02 Å². The topological polar surface area (TPSA) is 12.0 Å². The fourth-order valence-corrected chi connectivity index (χ4v) is 2.08. The highest BCUT2D eigenvalue weighted by Gasteiger charge is 2.11. The second kappa shape index (κ2) is 6.07. The second-order valence-corrected chi connectivity index (χ2v) is 4.65. The summed E-state index contributed by atoms with van der Waals surface area (Å²) in [5, 5.41) is 4.12. The maximum absolute atomic E-state index is 6.07. The highest BCUT2D eigenvalue weighted by molar-refractivity contribution is 6.30. The highest BCUT2D eigenvalue weighted by Crippen LogP contribution is 2.25. The molecule has 0 saturated heterocycles. The predicted molar refractivity (Wildman–Crippen MR) is 72.0 cm³/mol. The van der Waals surface area contributed by atoms with Crippen LogP contribution in [0.3, 0.4) is 0 Å². The molecular formula is C14H20ClN. The van der Waals surface area contributed by atoms with Crippen LogP contribution < -0.4 is 5.32 Å². The van der Waals surface area contributed by atoms with Gasteiger partial charge in [-0.3, -0.25) is 0 Å². The van der Waals surface area contributed by atoms with Gasteiger partial charge in [-0.1, -0.05) is 36.7 Å². The van der Waals surface area contributed by atoms with Crippen LogP contribution in [-0.2, 0) is 0 Å². The van der Waals surface area contributed by atoms with Gasteiger partial charge in [-0.2, -0.15) is 0 Å². The van der Waals surface area contributed by atoms with Gasteiger partial charge in [0, 0.05) is 11.1 Å². The Hall–Kier alpha value is -0.790. The fraction of sp³-hybridized carbons (Fsp3) is 0.429. The van der Waals surface area contributed by atoms with Crippen molar-refractivity contribution in [3.05, 3.63) is 46.5 Å². The maximum atomic E-state index is 6.07. The molecule has 0 radical (unpaired) electrons. The van der Waals surface area contributed by atoms with Crippen molar-refractivity contribution in [2.24, 2.45) is 0 Å². The van der Waals surface area contributed by atoms with Crippen molar-refractivity contribution in [3.63, 3.8) is 0 Å². The van der Waals surface area contributed by atoms with E-state index in [1.54, 1.807) is 0 Å². The minimum Gasteiger partial charge on any atom is -0.313 e. The molecule has 0 bridgehead atoms. The van der Waals surface area contributed by atoms with Crippen LogP contribution in [0.1, 0.15) is 36.9 Å². The summed E-state index contributed by atoms with van der Waals surface area (Å²) in [6, 6.07) is 6.49. The van der Waals surface area contributed by atoms with Gasteiger partial charge in [0.05, 0.1) is 0 Å². The summed E-state index contributed by atoms with van der Waals surface area (Å²) in [4.78, 5) is 0. The number of benzene rings is 1. The van der Waals surface area contributed by atoms with E-state index in [0.29, 0.717) is 6.04 Å². The van der Waals surface area contributed by atoms with Crippen molar-refractivity contribution in [2.75, 3.05) is 7.05 Å². The standard InChI is InChI=1S/C14H20ClN/c1-5-10(2)8-14(16-4)12-6-11(3)7-13(15)9-12/h6-7,9,14,16H,2,5,8H2,1,3-4H3. The van der Waals surface area contributed by atoms with Crippen LogP contribution in [0.4, 0.5) is 0 Å². The minimum atomic E-state index is 0.310. The molecule has 0 aliphatic carbocycles. The van der Waals surface area contributed by atoms with Gasteiger partial charge in [0.2, 0.25) is 0 Å². The van der Waals surface area contributed by atoms with Gasteiger partial charge in [0.25, 0.3) is 0 Å². The molecule has 2 heteroatoms. The van der Waals surface area contributed by atoms with Crippen molar-refractivity contribution in [1.82, 2.24) is 5.32 Å². The molecule has 0 spiro atoms. The third-order valence-corrected chi connectivity index (χ3v) is 3.03. The lowest BCUT2D eigenvalue weighted by Crippen LogP contribution is -2.17. The summed E-state index contributed by atoms with van der Waals surface area (Å²) in [6.07, 6.45) is 1.99. The molecule has 88 valence electrons. The molecule has 1 unspecified atom stereocenters. The predicted octanol–water partition coefficient (Wildman–Crippen LogP) is 4.27.